The van der Waals surface area contributed by atoms with E-state index in [9.17, 15) is 13.2 Å². The molecule has 1 fully saturated rings. The largest absolute Gasteiger partial charge is 0.416 e. The Morgan fingerprint density at radius 2 is 1.67 bits per heavy atom. The summed E-state index contributed by atoms with van der Waals surface area (Å²) < 4.78 is 40.0. The molecule has 2 rings (SSSR count). The van der Waals surface area contributed by atoms with Crippen molar-refractivity contribution >= 4 is 5.69 Å². The lowest BCUT2D eigenvalue weighted by molar-refractivity contribution is -0.139. The van der Waals surface area contributed by atoms with E-state index < -0.39 is 17.2 Å². The lowest BCUT2D eigenvalue weighted by atomic mass is 9.80. The van der Waals surface area contributed by atoms with Crippen LogP contribution in [-0.4, -0.2) is 0 Å². The van der Waals surface area contributed by atoms with Crippen molar-refractivity contribution in [1.82, 2.24) is 0 Å². The second-order valence-electron chi connectivity index (χ2n) is 6.05. The van der Waals surface area contributed by atoms with Gasteiger partial charge in [0.1, 0.15) is 0 Å². The minimum Gasteiger partial charge on any atom is -0.399 e. The van der Waals surface area contributed by atoms with Crippen LogP contribution in [0.2, 0.25) is 0 Å². The number of rotatable bonds is 1. The Kier molecular flexibility index (Phi) is 2.87. The molecule has 1 aromatic rings. The number of nitrogen functional groups attached to an aromatic ring is 1. The van der Waals surface area contributed by atoms with E-state index in [0.717, 1.165) is 12.8 Å². The molecule has 0 saturated heterocycles. The van der Waals surface area contributed by atoms with Crippen molar-refractivity contribution in [2.24, 2.45) is 0 Å². The van der Waals surface area contributed by atoms with Crippen molar-refractivity contribution in [3.05, 3.63) is 28.8 Å². The van der Waals surface area contributed by atoms with Crippen LogP contribution in [0, 0.1) is 0 Å². The highest BCUT2D eigenvalue weighted by molar-refractivity contribution is 5.55. The standard InChI is InChI=1S/C14H18F3N/c1-13(2,3)11-7-9(18)6-10(8-4-5-8)12(11)14(15,16)17/h6-8H,4-5,18H2,1-3H3. The predicted octanol–water partition coefficient (Wildman–Crippen LogP) is 4.46. The van der Waals surface area contributed by atoms with Crippen molar-refractivity contribution in [2.75, 3.05) is 5.73 Å². The van der Waals surface area contributed by atoms with E-state index >= 15 is 0 Å². The maximum atomic E-state index is 13.3. The van der Waals surface area contributed by atoms with Gasteiger partial charge in [0.25, 0.3) is 0 Å². The van der Waals surface area contributed by atoms with Gasteiger partial charge in [0.2, 0.25) is 0 Å². The number of benzene rings is 1. The number of anilines is 1. The van der Waals surface area contributed by atoms with Crippen molar-refractivity contribution in [2.45, 2.75) is 51.1 Å². The van der Waals surface area contributed by atoms with E-state index in [4.69, 9.17) is 5.73 Å². The van der Waals surface area contributed by atoms with Crippen LogP contribution in [0.15, 0.2) is 12.1 Å². The van der Waals surface area contributed by atoms with Crippen LogP contribution in [0.1, 0.15) is 56.2 Å². The van der Waals surface area contributed by atoms with Crippen LogP contribution >= 0.6 is 0 Å². The van der Waals surface area contributed by atoms with Gasteiger partial charge in [0.05, 0.1) is 5.56 Å². The first-order valence-electron chi connectivity index (χ1n) is 6.12. The molecular formula is C14H18F3N. The Balaban J connectivity index is 2.71. The third kappa shape index (κ3) is 2.47. The summed E-state index contributed by atoms with van der Waals surface area (Å²) in [5, 5.41) is 0. The van der Waals surface area contributed by atoms with Gasteiger partial charge >= 0.3 is 6.18 Å². The molecule has 1 aromatic carbocycles. The highest BCUT2D eigenvalue weighted by Crippen LogP contribution is 2.49. The summed E-state index contributed by atoms with van der Waals surface area (Å²) >= 11 is 0. The lowest BCUT2D eigenvalue weighted by Gasteiger charge is -2.27. The molecule has 0 heterocycles. The second-order valence-corrected chi connectivity index (χ2v) is 6.05. The number of alkyl halides is 3. The normalized spacial score (nSPS) is 17.0. The van der Waals surface area contributed by atoms with Crippen molar-refractivity contribution in [1.29, 1.82) is 0 Å². The summed E-state index contributed by atoms with van der Waals surface area (Å²) in [4.78, 5) is 0. The molecule has 1 nitrogen and oxygen atoms in total. The molecule has 0 amide bonds. The van der Waals surface area contributed by atoms with Gasteiger partial charge in [-0.1, -0.05) is 20.8 Å². The van der Waals surface area contributed by atoms with Crippen LogP contribution in [0.4, 0.5) is 18.9 Å². The zero-order valence-electron chi connectivity index (χ0n) is 10.9. The fraction of sp³-hybridized carbons (Fsp3) is 0.571. The Bertz CT molecular complexity index is 465. The molecular weight excluding hydrogens is 239 g/mol. The van der Waals surface area contributed by atoms with Crippen molar-refractivity contribution in [3.8, 4) is 0 Å². The monoisotopic (exact) mass is 257 g/mol. The van der Waals surface area contributed by atoms with Gasteiger partial charge in [0.15, 0.2) is 0 Å². The van der Waals surface area contributed by atoms with Crippen LogP contribution in [0.3, 0.4) is 0 Å². The number of hydrogen-bond acceptors (Lipinski definition) is 1. The Morgan fingerprint density at radius 1 is 1.11 bits per heavy atom. The van der Waals surface area contributed by atoms with Crippen LogP contribution in [0.25, 0.3) is 0 Å². The molecule has 0 aromatic heterocycles. The lowest BCUT2D eigenvalue weighted by Crippen LogP contribution is -2.22. The third-order valence-corrected chi connectivity index (χ3v) is 3.30. The number of halogens is 3. The molecule has 0 aliphatic heterocycles. The minimum absolute atomic E-state index is 0.0335. The zero-order chi connectivity index (χ0) is 13.7. The van der Waals surface area contributed by atoms with E-state index in [1.54, 1.807) is 20.8 Å². The number of hydrogen-bond donors (Lipinski definition) is 1. The Morgan fingerprint density at radius 3 is 2.06 bits per heavy atom. The SMILES string of the molecule is CC(C)(C)c1cc(N)cc(C2CC2)c1C(F)(F)F. The van der Waals surface area contributed by atoms with Gasteiger partial charge in [-0.25, -0.2) is 0 Å². The molecule has 1 aliphatic carbocycles. The maximum absolute atomic E-state index is 13.3. The van der Waals surface area contributed by atoms with Gasteiger partial charge in [-0.3, -0.25) is 0 Å². The Hall–Kier alpha value is -1.19. The van der Waals surface area contributed by atoms with Gasteiger partial charge in [-0.15, -0.1) is 0 Å². The highest BCUT2D eigenvalue weighted by Gasteiger charge is 2.42. The van der Waals surface area contributed by atoms with E-state index in [1.165, 1.54) is 12.1 Å². The molecule has 0 unspecified atom stereocenters. The van der Waals surface area contributed by atoms with Crippen LogP contribution in [-0.2, 0) is 11.6 Å². The average Bonchev–Trinajstić information content (AvgIpc) is 2.95. The van der Waals surface area contributed by atoms with Crippen molar-refractivity contribution < 1.29 is 13.2 Å². The van der Waals surface area contributed by atoms with Gasteiger partial charge < -0.3 is 5.73 Å². The summed E-state index contributed by atoms with van der Waals surface area (Å²) in [6.07, 6.45) is -2.65. The maximum Gasteiger partial charge on any atom is 0.416 e. The minimum atomic E-state index is -4.31. The second kappa shape index (κ2) is 3.90. The predicted molar refractivity (Wildman–Crippen MR) is 66.5 cm³/mol. The molecule has 0 spiro atoms. The first-order chi connectivity index (χ1) is 8.10. The summed E-state index contributed by atoms with van der Waals surface area (Å²) in [6.45, 7) is 5.36. The average molecular weight is 257 g/mol. The van der Waals surface area contributed by atoms with E-state index in [1.807, 2.05) is 0 Å². The van der Waals surface area contributed by atoms with Gasteiger partial charge in [-0.05, 0) is 47.4 Å². The van der Waals surface area contributed by atoms with Crippen LogP contribution < -0.4 is 5.73 Å². The van der Waals surface area contributed by atoms with E-state index in [2.05, 4.69) is 0 Å². The quantitative estimate of drug-likeness (QED) is 0.738. The first-order valence-corrected chi connectivity index (χ1v) is 6.12. The molecule has 0 bridgehead atoms. The fourth-order valence-corrected chi connectivity index (χ4v) is 2.31. The summed E-state index contributed by atoms with van der Waals surface area (Å²) in [7, 11) is 0. The fourth-order valence-electron chi connectivity index (χ4n) is 2.31. The van der Waals surface area contributed by atoms with Crippen molar-refractivity contribution in [3.63, 3.8) is 0 Å². The molecule has 0 radical (unpaired) electrons. The molecule has 100 valence electrons. The van der Waals surface area contributed by atoms with Gasteiger partial charge in [0, 0.05) is 5.69 Å². The van der Waals surface area contributed by atoms with Crippen LogP contribution in [0.5, 0.6) is 0 Å². The molecule has 4 heteroatoms. The highest BCUT2D eigenvalue weighted by atomic mass is 19.4. The van der Waals surface area contributed by atoms with E-state index in [0.29, 0.717) is 16.8 Å². The Labute approximate surface area is 105 Å². The molecule has 0 atom stereocenters. The molecule has 1 saturated carbocycles. The number of nitrogens with two attached hydrogens (primary N) is 1. The topological polar surface area (TPSA) is 26.0 Å². The summed E-state index contributed by atoms with van der Waals surface area (Å²) in [6, 6.07) is 2.96. The summed E-state index contributed by atoms with van der Waals surface area (Å²) in [5.41, 5.74) is 5.85. The molecule has 18 heavy (non-hydrogen) atoms. The molecule has 2 N–H and O–H groups in total. The first kappa shape index (κ1) is 13.2. The van der Waals surface area contributed by atoms with E-state index in [-0.39, 0.29) is 5.92 Å². The summed E-state index contributed by atoms with van der Waals surface area (Å²) in [5.74, 6) is 0.0335. The molecule has 1 aliphatic rings. The zero-order valence-corrected chi connectivity index (χ0v) is 10.9. The smallest absolute Gasteiger partial charge is 0.399 e. The van der Waals surface area contributed by atoms with Gasteiger partial charge in [-0.2, -0.15) is 13.2 Å². The third-order valence-electron chi connectivity index (χ3n) is 3.30.